The lowest BCUT2D eigenvalue weighted by Gasteiger charge is -2.21. The Labute approximate surface area is 195 Å². The second-order valence-electron chi connectivity index (χ2n) is 9.91. The first-order chi connectivity index (χ1) is 15.3. The van der Waals surface area contributed by atoms with Gasteiger partial charge in [-0.1, -0.05) is 90.9 Å². The standard InChI is InChI=1S/C25H50O7/c1-19(2)15-13-11-9-7-5-3-4-6-8-10-12-14-16-31-17-20(26)18-32-25-23(29)21(27)22(28)24(25)30/h19-30H,3-18H2,1-2H3/t20-,21+,22+,23-,24-/m0/s1. The summed E-state index contributed by atoms with van der Waals surface area (Å²) in [5.74, 6) is 0.842. The third-order valence-electron chi connectivity index (χ3n) is 6.33. The number of rotatable bonds is 20. The van der Waals surface area contributed by atoms with Gasteiger partial charge in [-0.05, 0) is 12.3 Å². The molecule has 32 heavy (non-hydrogen) atoms. The van der Waals surface area contributed by atoms with Crippen LogP contribution < -0.4 is 0 Å². The molecule has 192 valence electrons. The molecular weight excluding hydrogens is 412 g/mol. The molecular formula is C25H50O7. The Morgan fingerprint density at radius 1 is 0.594 bits per heavy atom. The van der Waals surface area contributed by atoms with E-state index >= 15 is 0 Å². The van der Waals surface area contributed by atoms with Crippen LogP contribution in [0.15, 0.2) is 0 Å². The van der Waals surface area contributed by atoms with Crippen molar-refractivity contribution in [1.29, 1.82) is 0 Å². The minimum absolute atomic E-state index is 0.113. The molecule has 0 aromatic carbocycles. The van der Waals surface area contributed by atoms with Gasteiger partial charge in [0, 0.05) is 6.61 Å². The summed E-state index contributed by atoms with van der Waals surface area (Å²) >= 11 is 0. The highest BCUT2D eigenvalue weighted by atomic mass is 16.5. The fourth-order valence-corrected chi connectivity index (χ4v) is 4.21. The molecule has 7 nitrogen and oxygen atoms in total. The fourth-order valence-electron chi connectivity index (χ4n) is 4.21. The number of aliphatic hydroxyl groups excluding tert-OH is 5. The molecule has 1 rings (SSSR count). The summed E-state index contributed by atoms with van der Waals surface area (Å²) in [5, 5.41) is 48.4. The van der Waals surface area contributed by atoms with Crippen molar-refractivity contribution in [2.24, 2.45) is 5.92 Å². The maximum Gasteiger partial charge on any atom is 0.115 e. The summed E-state index contributed by atoms with van der Waals surface area (Å²) in [6.45, 7) is 5.15. The summed E-state index contributed by atoms with van der Waals surface area (Å²) in [6.07, 6.45) is 9.22. The largest absolute Gasteiger partial charge is 0.388 e. The smallest absolute Gasteiger partial charge is 0.115 e. The molecule has 7 heteroatoms. The summed E-state index contributed by atoms with van der Waals surface area (Å²) in [6, 6.07) is 0. The zero-order valence-electron chi connectivity index (χ0n) is 20.4. The number of unbranched alkanes of at least 4 members (excludes halogenated alkanes) is 11. The van der Waals surface area contributed by atoms with Crippen LogP contribution in [0.2, 0.25) is 0 Å². The van der Waals surface area contributed by atoms with Gasteiger partial charge in [-0.2, -0.15) is 0 Å². The predicted molar refractivity (Wildman–Crippen MR) is 125 cm³/mol. The summed E-state index contributed by atoms with van der Waals surface area (Å²) in [5.41, 5.74) is 0. The molecule has 0 unspecified atom stereocenters. The minimum Gasteiger partial charge on any atom is -0.388 e. The molecule has 0 radical (unpaired) electrons. The molecule has 0 heterocycles. The minimum atomic E-state index is -1.45. The van der Waals surface area contributed by atoms with Crippen LogP contribution >= 0.6 is 0 Å². The van der Waals surface area contributed by atoms with Gasteiger partial charge in [0.1, 0.15) is 36.6 Å². The first-order valence-corrected chi connectivity index (χ1v) is 12.9. The van der Waals surface area contributed by atoms with E-state index in [2.05, 4.69) is 13.8 Å². The quantitative estimate of drug-likeness (QED) is 0.176. The number of hydrogen-bond acceptors (Lipinski definition) is 7. The molecule has 0 aromatic rings. The molecule has 1 fully saturated rings. The van der Waals surface area contributed by atoms with Gasteiger partial charge in [0.2, 0.25) is 0 Å². The van der Waals surface area contributed by atoms with Crippen molar-refractivity contribution in [3.8, 4) is 0 Å². The van der Waals surface area contributed by atoms with Crippen LogP contribution in [-0.2, 0) is 9.47 Å². The maximum atomic E-state index is 9.90. The van der Waals surface area contributed by atoms with Gasteiger partial charge in [0.05, 0.1) is 13.2 Å². The first kappa shape index (κ1) is 29.8. The zero-order valence-corrected chi connectivity index (χ0v) is 20.4. The first-order valence-electron chi connectivity index (χ1n) is 12.9. The summed E-state index contributed by atoms with van der Waals surface area (Å²) in [7, 11) is 0. The van der Waals surface area contributed by atoms with Gasteiger partial charge in [-0.3, -0.25) is 0 Å². The van der Waals surface area contributed by atoms with Crippen LogP contribution in [0, 0.1) is 5.92 Å². The maximum absolute atomic E-state index is 9.90. The Bertz CT molecular complexity index is 421. The van der Waals surface area contributed by atoms with Gasteiger partial charge < -0.3 is 35.0 Å². The Kier molecular flexibility index (Phi) is 16.8. The highest BCUT2D eigenvalue weighted by molar-refractivity contribution is 4.99. The average molecular weight is 463 g/mol. The van der Waals surface area contributed by atoms with E-state index in [1.54, 1.807) is 0 Å². The Hall–Kier alpha value is -0.280. The molecule has 0 aliphatic heterocycles. The van der Waals surface area contributed by atoms with E-state index in [4.69, 9.17) is 9.47 Å². The number of hydrogen-bond donors (Lipinski definition) is 5. The van der Waals surface area contributed by atoms with Crippen LogP contribution in [-0.4, -0.2) is 82.0 Å². The summed E-state index contributed by atoms with van der Waals surface area (Å²) < 4.78 is 10.7. The fraction of sp³-hybridized carbons (Fsp3) is 1.00. The molecule has 0 aromatic heterocycles. The molecule has 0 bridgehead atoms. The number of aliphatic hydroxyl groups is 5. The van der Waals surface area contributed by atoms with E-state index in [0.29, 0.717) is 6.61 Å². The van der Waals surface area contributed by atoms with Crippen LogP contribution in [0.25, 0.3) is 0 Å². The second kappa shape index (κ2) is 18.1. The number of ether oxygens (including phenoxy) is 2. The van der Waals surface area contributed by atoms with E-state index in [1.165, 1.54) is 70.6 Å². The SMILES string of the molecule is CC(C)CCCCCCCCCCCCCCOC[C@H](O)COC1[C@@H](O)[C@H](O)[C@@H](O)[C@@H]1O. The van der Waals surface area contributed by atoms with Crippen molar-refractivity contribution in [3.63, 3.8) is 0 Å². The molecule has 5 N–H and O–H groups in total. The Morgan fingerprint density at radius 3 is 1.50 bits per heavy atom. The molecule has 1 aliphatic carbocycles. The van der Waals surface area contributed by atoms with Crippen molar-refractivity contribution in [2.45, 2.75) is 134 Å². The van der Waals surface area contributed by atoms with Crippen LogP contribution in [0.1, 0.15) is 97.3 Å². The van der Waals surface area contributed by atoms with Gasteiger partial charge in [-0.25, -0.2) is 0 Å². The van der Waals surface area contributed by atoms with E-state index in [1.807, 2.05) is 0 Å². The lowest BCUT2D eigenvalue weighted by Crippen LogP contribution is -2.38. The van der Waals surface area contributed by atoms with E-state index in [9.17, 15) is 25.5 Å². The van der Waals surface area contributed by atoms with Crippen molar-refractivity contribution in [3.05, 3.63) is 0 Å². The molecule has 0 amide bonds. The third-order valence-corrected chi connectivity index (χ3v) is 6.33. The van der Waals surface area contributed by atoms with Gasteiger partial charge in [0.15, 0.2) is 0 Å². The van der Waals surface area contributed by atoms with Crippen LogP contribution in [0.4, 0.5) is 0 Å². The lowest BCUT2D eigenvalue weighted by atomic mass is 10.0. The predicted octanol–water partition coefficient (Wildman–Crippen LogP) is 2.93. The van der Waals surface area contributed by atoms with Crippen molar-refractivity contribution in [1.82, 2.24) is 0 Å². The zero-order chi connectivity index (χ0) is 23.8. The van der Waals surface area contributed by atoms with E-state index in [-0.39, 0.29) is 13.2 Å². The van der Waals surface area contributed by atoms with Gasteiger partial charge in [-0.15, -0.1) is 0 Å². The van der Waals surface area contributed by atoms with Crippen molar-refractivity contribution >= 4 is 0 Å². The average Bonchev–Trinajstić information content (AvgIpc) is 2.94. The highest BCUT2D eigenvalue weighted by Gasteiger charge is 2.49. The summed E-state index contributed by atoms with van der Waals surface area (Å²) in [4.78, 5) is 0. The van der Waals surface area contributed by atoms with Crippen molar-refractivity contribution in [2.75, 3.05) is 19.8 Å². The second-order valence-corrected chi connectivity index (χ2v) is 9.91. The van der Waals surface area contributed by atoms with Gasteiger partial charge in [0.25, 0.3) is 0 Å². The Morgan fingerprint density at radius 2 is 1.03 bits per heavy atom. The monoisotopic (exact) mass is 462 g/mol. The van der Waals surface area contributed by atoms with Crippen LogP contribution in [0.3, 0.4) is 0 Å². The van der Waals surface area contributed by atoms with Crippen LogP contribution in [0.5, 0.6) is 0 Å². The molecule has 0 spiro atoms. The molecule has 1 aliphatic rings. The van der Waals surface area contributed by atoms with E-state index < -0.39 is 36.6 Å². The normalized spacial score (nSPS) is 25.1. The van der Waals surface area contributed by atoms with Gasteiger partial charge >= 0.3 is 0 Å². The lowest BCUT2D eigenvalue weighted by molar-refractivity contribution is -0.113. The van der Waals surface area contributed by atoms with Crippen molar-refractivity contribution < 1.29 is 35.0 Å². The third kappa shape index (κ3) is 12.8. The topological polar surface area (TPSA) is 120 Å². The molecule has 5 atom stereocenters. The molecule has 0 saturated heterocycles. The molecule has 1 saturated carbocycles. The highest BCUT2D eigenvalue weighted by Crippen LogP contribution is 2.24. The Balaban J connectivity index is 1.83. The van der Waals surface area contributed by atoms with E-state index in [0.717, 1.165) is 18.8 Å².